The zero-order chi connectivity index (χ0) is 18.4. The number of benzene rings is 1. The number of hydrogen-bond acceptors (Lipinski definition) is 5. The van der Waals surface area contributed by atoms with E-state index in [-0.39, 0.29) is 6.42 Å². The van der Waals surface area contributed by atoms with Crippen molar-refractivity contribution in [2.45, 2.75) is 38.6 Å². The van der Waals surface area contributed by atoms with Gasteiger partial charge >= 0.3 is 5.69 Å². The van der Waals surface area contributed by atoms with Crippen LogP contribution in [0.15, 0.2) is 33.9 Å². The zero-order valence-corrected chi connectivity index (χ0v) is 13.9. The third kappa shape index (κ3) is 4.56. The molecule has 0 spiro atoms. The van der Waals surface area contributed by atoms with Crippen LogP contribution in [0.4, 0.5) is 0 Å². The van der Waals surface area contributed by atoms with Crippen molar-refractivity contribution in [1.29, 1.82) is 0 Å². The summed E-state index contributed by atoms with van der Waals surface area (Å²) < 4.78 is 0.897. The number of para-hydroxylation sites is 1. The molecule has 1 atom stereocenters. The van der Waals surface area contributed by atoms with Crippen LogP contribution < -0.4 is 21.7 Å². The second kappa shape index (κ2) is 8.27. The fraction of sp³-hybridized carbons (Fsp3) is 0.412. The lowest BCUT2D eigenvalue weighted by Crippen LogP contribution is -2.43. The van der Waals surface area contributed by atoms with Gasteiger partial charge in [0.25, 0.3) is 5.56 Å². The molecule has 1 heterocycles. The van der Waals surface area contributed by atoms with E-state index in [0.29, 0.717) is 36.7 Å². The van der Waals surface area contributed by atoms with Gasteiger partial charge in [-0.15, -0.1) is 0 Å². The fourth-order valence-electron chi connectivity index (χ4n) is 2.58. The normalized spacial score (nSPS) is 12.0. The van der Waals surface area contributed by atoms with Gasteiger partial charge in [0.15, 0.2) is 0 Å². The summed E-state index contributed by atoms with van der Waals surface area (Å²) in [7, 11) is 0. The first-order chi connectivity index (χ1) is 11.9. The zero-order valence-electron chi connectivity index (χ0n) is 13.9. The smallest absolute Gasteiger partial charge is 0.329 e. The van der Waals surface area contributed by atoms with E-state index in [9.17, 15) is 24.3 Å². The van der Waals surface area contributed by atoms with Crippen LogP contribution >= 0.6 is 0 Å². The molecule has 0 aliphatic rings. The summed E-state index contributed by atoms with van der Waals surface area (Å²) in [6.45, 7) is 1.83. The Kier molecular flexibility index (Phi) is 6.10. The van der Waals surface area contributed by atoms with Crippen molar-refractivity contribution in [3.05, 3.63) is 45.1 Å². The van der Waals surface area contributed by atoms with Gasteiger partial charge in [-0.3, -0.25) is 9.59 Å². The molecule has 2 N–H and O–H groups in total. The standard InChI is InChI=1S/C17H21N3O5/c1-11(15(23)18-10-6-2-3-9-14(21)22)20-16(24)12-7-4-5-8-13(12)19-17(20)25/h4-5,7-8,11H,2-3,6,9-10H2,1H3,(H,18,23)(H,19,25)(H,21,22)/p-1/t11-/m0/s1. The summed E-state index contributed by atoms with van der Waals surface area (Å²) in [5.74, 6) is -1.53. The van der Waals surface area contributed by atoms with Crippen molar-refractivity contribution < 1.29 is 14.7 Å². The van der Waals surface area contributed by atoms with Crippen LogP contribution in [-0.2, 0) is 9.59 Å². The summed E-state index contributed by atoms with van der Waals surface area (Å²) in [6, 6.07) is 5.65. The van der Waals surface area contributed by atoms with Crippen LogP contribution in [0.1, 0.15) is 38.6 Å². The van der Waals surface area contributed by atoms with E-state index in [4.69, 9.17) is 0 Å². The molecule has 0 radical (unpaired) electrons. The first-order valence-corrected chi connectivity index (χ1v) is 8.13. The Balaban J connectivity index is 2.02. The van der Waals surface area contributed by atoms with E-state index < -0.39 is 29.2 Å². The average Bonchev–Trinajstić information content (AvgIpc) is 2.57. The number of aromatic amines is 1. The Hall–Kier alpha value is -2.90. The molecule has 8 nitrogen and oxygen atoms in total. The highest BCUT2D eigenvalue weighted by molar-refractivity contribution is 5.81. The predicted octanol–water partition coefficient (Wildman–Crippen LogP) is -0.323. The molecular weight excluding hydrogens is 326 g/mol. The highest BCUT2D eigenvalue weighted by Crippen LogP contribution is 2.06. The molecule has 1 amide bonds. The number of carbonyl (C=O) groups excluding carboxylic acids is 2. The van der Waals surface area contributed by atoms with E-state index in [1.54, 1.807) is 24.3 Å². The number of H-pyrrole nitrogens is 1. The SMILES string of the molecule is C[C@@H](C(=O)NCCCCCC(=O)[O-])n1c(=O)[nH]c2ccccc2c1=O. The van der Waals surface area contributed by atoms with Crippen molar-refractivity contribution in [2.24, 2.45) is 0 Å². The van der Waals surface area contributed by atoms with Gasteiger partial charge in [-0.05, 0) is 38.3 Å². The molecule has 0 saturated heterocycles. The first kappa shape index (κ1) is 18.4. The Morgan fingerprint density at radius 1 is 1.20 bits per heavy atom. The van der Waals surface area contributed by atoms with Crippen LogP contribution in [0.3, 0.4) is 0 Å². The summed E-state index contributed by atoms with van der Waals surface area (Å²) in [6.07, 6.45) is 1.72. The van der Waals surface area contributed by atoms with Crippen LogP contribution in [0.2, 0.25) is 0 Å². The fourth-order valence-corrected chi connectivity index (χ4v) is 2.58. The van der Waals surface area contributed by atoms with Crippen molar-refractivity contribution in [3.8, 4) is 0 Å². The molecule has 1 aromatic heterocycles. The number of unbranched alkanes of at least 4 members (excludes halogenated alkanes) is 2. The average molecular weight is 346 g/mol. The summed E-state index contributed by atoms with van der Waals surface area (Å²) in [5.41, 5.74) is -0.731. The van der Waals surface area contributed by atoms with E-state index in [1.165, 1.54) is 6.92 Å². The molecule has 1 aromatic carbocycles. The Morgan fingerprint density at radius 3 is 2.64 bits per heavy atom. The molecule has 0 unspecified atom stereocenters. The van der Waals surface area contributed by atoms with Crippen molar-refractivity contribution in [1.82, 2.24) is 14.9 Å². The minimum absolute atomic E-state index is 0.00773. The molecule has 0 aliphatic carbocycles. The molecule has 2 aromatic rings. The number of aliphatic carboxylic acids is 1. The lowest BCUT2D eigenvalue weighted by molar-refractivity contribution is -0.305. The highest BCUT2D eigenvalue weighted by Gasteiger charge is 2.19. The maximum Gasteiger partial charge on any atom is 0.329 e. The number of nitrogens with one attached hydrogen (secondary N) is 2. The largest absolute Gasteiger partial charge is 0.550 e. The van der Waals surface area contributed by atoms with Crippen LogP contribution in [0.5, 0.6) is 0 Å². The summed E-state index contributed by atoms with van der Waals surface area (Å²) in [4.78, 5) is 49.7. The molecule has 0 bridgehead atoms. The van der Waals surface area contributed by atoms with Gasteiger partial charge in [-0.25, -0.2) is 9.36 Å². The topological polar surface area (TPSA) is 124 Å². The van der Waals surface area contributed by atoms with E-state index >= 15 is 0 Å². The third-order valence-electron chi connectivity index (χ3n) is 3.96. The number of fused-ring (bicyclic) bond motifs is 1. The van der Waals surface area contributed by atoms with Gasteiger partial charge in [0, 0.05) is 12.5 Å². The van der Waals surface area contributed by atoms with Gasteiger partial charge in [0.05, 0.1) is 10.9 Å². The highest BCUT2D eigenvalue weighted by atomic mass is 16.4. The molecule has 0 saturated carbocycles. The van der Waals surface area contributed by atoms with E-state index in [0.717, 1.165) is 4.57 Å². The molecular formula is C17H20N3O5-. The molecule has 134 valence electrons. The monoisotopic (exact) mass is 346 g/mol. The maximum absolute atomic E-state index is 12.5. The summed E-state index contributed by atoms with van der Waals surface area (Å²) in [5, 5.41) is 13.3. The van der Waals surface area contributed by atoms with Gasteiger partial charge in [0.1, 0.15) is 6.04 Å². The molecule has 8 heteroatoms. The van der Waals surface area contributed by atoms with Crippen molar-refractivity contribution >= 4 is 22.8 Å². The first-order valence-electron chi connectivity index (χ1n) is 8.13. The van der Waals surface area contributed by atoms with E-state index in [1.807, 2.05) is 0 Å². The lowest BCUT2D eigenvalue weighted by Gasteiger charge is -2.14. The number of carbonyl (C=O) groups is 2. The molecule has 25 heavy (non-hydrogen) atoms. The number of aromatic nitrogens is 2. The molecule has 2 rings (SSSR count). The van der Waals surface area contributed by atoms with Crippen LogP contribution in [0, 0.1) is 0 Å². The Bertz CT molecular complexity index is 884. The second-order valence-electron chi connectivity index (χ2n) is 5.80. The summed E-state index contributed by atoms with van der Waals surface area (Å²) >= 11 is 0. The predicted molar refractivity (Wildman–Crippen MR) is 90.0 cm³/mol. The van der Waals surface area contributed by atoms with Gasteiger partial charge in [-0.2, -0.15) is 0 Å². The van der Waals surface area contributed by atoms with Crippen LogP contribution in [0.25, 0.3) is 10.9 Å². The number of hydrogen-bond donors (Lipinski definition) is 2. The number of carboxylic acids is 1. The third-order valence-corrected chi connectivity index (χ3v) is 3.96. The lowest BCUT2D eigenvalue weighted by atomic mass is 10.2. The Morgan fingerprint density at radius 2 is 1.92 bits per heavy atom. The van der Waals surface area contributed by atoms with Crippen LogP contribution in [-0.4, -0.2) is 28.0 Å². The second-order valence-corrected chi connectivity index (χ2v) is 5.80. The minimum atomic E-state index is -1.09. The van der Waals surface area contributed by atoms with E-state index in [2.05, 4.69) is 10.3 Å². The number of rotatable bonds is 8. The van der Waals surface area contributed by atoms with Crippen molar-refractivity contribution in [2.75, 3.05) is 6.54 Å². The Labute approximate surface area is 143 Å². The molecule has 0 aliphatic heterocycles. The molecule has 0 fully saturated rings. The number of carboxylic acid groups (broad SMARTS) is 1. The van der Waals surface area contributed by atoms with Crippen molar-refractivity contribution in [3.63, 3.8) is 0 Å². The van der Waals surface area contributed by atoms with Gasteiger partial charge in [0.2, 0.25) is 5.91 Å². The van der Waals surface area contributed by atoms with Gasteiger partial charge in [-0.1, -0.05) is 18.6 Å². The number of amides is 1. The number of nitrogens with zero attached hydrogens (tertiary/aromatic N) is 1. The van der Waals surface area contributed by atoms with Gasteiger partial charge < -0.3 is 20.2 Å². The minimum Gasteiger partial charge on any atom is -0.550 e. The maximum atomic E-state index is 12.5. The quantitative estimate of drug-likeness (QED) is 0.634.